The number of benzene rings is 2. The first-order valence-corrected chi connectivity index (χ1v) is 7.80. The Morgan fingerprint density at radius 3 is 2.80 bits per heavy atom. The molecule has 0 saturated carbocycles. The number of anilines is 1. The molecule has 0 aromatic heterocycles. The molecule has 1 saturated heterocycles. The van der Waals surface area contributed by atoms with Crippen molar-refractivity contribution in [1.82, 2.24) is 5.32 Å². The molecule has 1 aliphatic rings. The van der Waals surface area contributed by atoms with Gasteiger partial charge in [-0.1, -0.05) is 18.2 Å². The molecule has 1 amide bonds. The Kier molecular flexibility index (Phi) is 7.18. The van der Waals surface area contributed by atoms with Gasteiger partial charge < -0.3 is 20.1 Å². The summed E-state index contributed by atoms with van der Waals surface area (Å²) in [7, 11) is 0. The highest BCUT2D eigenvalue weighted by Crippen LogP contribution is 2.19. The van der Waals surface area contributed by atoms with E-state index in [0.29, 0.717) is 37.8 Å². The molecule has 3 rings (SSSR count). The van der Waals surface area contributed by atoms with Gasteiger partial charge in [0.15, 0.2) is 0 Å². The minimum Gasteiger partial charge on any atom is -0.489 e. The second-order valence-corrected chi connectivity index (χ2v) is 5.51. The van der Waals surface area contributed by atoms with Gasteiger partial charge in [-0.15, -0.1) is 12.4 Å². The van der Waals surface area contributed by atoms with Crippen LogP contribution in [0.2, 0.25) is 0 Å². The van der Waals surface area contributed by atoms with Crippen molar-refractivity contribution in [2.24, 2.45) is 0 Å². The van der Waals surface area contributed by atoms with E-state index in [1.165, 1.54) is 12.1 Å². The monoisotopic (exact) mass is 366 g/mol. The van der Waals surface area contributed by atoms with Crippen molar-refractivity contribution < 1.29 is 18.7 Å². The van der Waals surface area contributed by atoms with E-state index in [1.54, 1.807) is 36.4 Å². The Balaban J connectivity index is 0.00000225. The Labute approximate surface area is 151 Å². The highest BCUT2D eigenvalue weighted by Gasteiger charge is 2.21. The van der Waals surface area contributed by atoms with E-state index < -0.39 is 0 Å². The zero-order chi connectivity index (χ0) is 16.8. The molecule has 1 heterocycles. The van der Waals surface area contributed by atoms with Crippen LogP contribution in [-0.4, -0.2) is 31.7 Å². The van der Waals surface area contributed by atoms with E-state index in [2.05, 4.69) is 10.6 Å². The Bertz CT molecular complexity index is 691. The largest absolute Gasteiger partial charge is 0.489 e. The third kappa shape index (κ3) is 5.70. The number of rotatable bonds is 5. The first kappa shape index (κ1) is 19.2. The minimum atomic E-state index is -0.345. The van der Waals surface area contributed by atoms with Gasteiger partial charge in [0.2, 0.25) is 5.91 Å². The summed E-state index contributed by atoms with van der Waals surface area (Å²) >= 11 is 0. The minimum absolute atomic E-state index is 0. The van der Waals surface area contributed by atoms with Crippen LogP contribution in [0, 0.1) is 5.82 Å². The quantitative estimate of drug-likeness (QED) is 0.854. The second-order valence-electron chi connectivity index (χ2n) is 5.51. The molecule has 1 fully saturated rings. The molecule has 134 valence electrons. The van der Waals surface area contributed by atoms with Gasteiger partial charge >= 0.3 is 0 Å². The molecule has 1 atom stereocenters. The third-order valence-electron chi connectivity index (χ3n) is 3.66. The van der Waals surface area contributed by atoms with E-state index >= 15 is 0 Å². The van der Waals surface area contributed by atoms with Crippen LogP contribution < -0.4 is 15.4 Å². The fraction of sp³-hybridized carbons (Fsp3) is 0.278. The molecule has 2 N–H and O–H groups in total. The highest BCUT2D eigenvalue weighted by molar-refractivity contribution is 5.95. The standard InChI is InChI=1S/C18H19FN2O3.ClH/c19-14-6-4-13(5-7-14)11-24-16-3-1-2-15(10-16)21-18(22)17-12-23-9-8-20-17;/h1-7,10,17,20H,8-9,11-12H2,(H,21,22);1H. The second kappa shape index (κ2) is 9.36. The molecule has 0 spiro atoms. The Morgan fingerprint density at radius 2 is 2.08 bits per heavy atom. The van der Waals surface area contributed by atoms with Crippen molar-refractivity contribution in [3.8, 4) is 5.75 Å². The molecule has 2 aromatic carbocycles. The van der Waals surface area contributed by atoms with Crippen LogP contribution in [0.25, 0.3) is 0 Å². The summed E-state index contributed by atoms with van der Waals surface area (Å²) in [6.45, 7) is 1.98. The number of nitrogens with one attached hydrogen (secondary N) is 2. The van der Waals surface area contributed by atoms with Gasteiger partial charge in [0.1, 0.15) is 24.2 Å². The van der Waals surface area contributed by atoms with E-state index in [-0.39, 0.29) is 30.2 Å². The van der Waals surface area contributed by atoms with Gasteiger partial charge in [0, 0.05) is 18.3 Å². The summed E-state index contributed by atoms with van der Waals surface area (Å²) < 4.78 is 23.9. The Hall–Kier alpha value is -2.15. The molecule has 5 nitrogen and oxygen atoms in total. The number of hydrogen-bond donors (Lipinski definition) is 2. The summed E-state index contributed by atoms with van der Waals surface area (Å²) in [6.07, 6.45) is 0. The maximum absolute atomic E-state index is 12.9. The summed E-state index contributed by atoms with van der Waals surface area (Å²) in [4.78, 5) is 12.2. The zero-order valence-electron chi connectivity index (χ0n) is 13.5. The Morgan fingerprint density at radius 1 is 1.28 bits per heavy atom. The van der Waals surface area contributed by atoms with Crippen LogP contribution in [0.4, 0.5) is 10.1 Å². The predicted molar refractivity (Wildman–Crippen MR) is 95.7 cm³/mol. The van der Waals surface area contributed by atoms with E-state index in [0.717, 1.165) is 5.56 Å². The molecule has 2 aromatic rings. The third-order valence-corrected chi connectivity index (χ3v) is 3.66. The molecular weight excluding hydrogens is 347 g/mol. The van der Waals surface area contributed by atoms with E-state index in [4.69, 9.17) is 9.47 Å². The topological polar surface area (TPSA) is 59.6 Å². The zero-order valence-corrected chi connectivity index (χ0v) is 14.4. The molecule has 0 aliphatic carbocycles. The lowest BCUT2D eigenvalue weighted by molar-refractivity contribution is -0.120. The van der Waals surface area contributed by atoms with Crippen molar-refractivity contribution in [1.29, 1.82) is 0 Å². The number of hydrogen-bond acceptors (Lipinski definition) is 4. The highest BCUT2D eigenvalue weighted by atomic mass is 35.5. The van der Waals surface area contributed by atoms with Gasteiger partial charge in [-0.3, -0.25) is 4.79 Å². The molecule has 1 unspecified atom stereocenters. The number of carbonyl (C=O) groups is 1. The van der Waals surface area contributed by atoms with Crippen LogP contribution in [0.15, 0.2) is 48.5 Å². The van der Waals surface area contributed by atoms with Crippen LogP contribution >= 0.6 is 12.4 Å². The predicted octanol–water partition coefficient (Wildman–Crippen LogP) is 2.75. The van der Waals surface area contributed by atoms with E-state index in [1.807, 2.05) is 0 Å². The fourth-order valence-corrected chi connectivity index (χ4v) is 2.37. The number of halogens is 2. The number of morpholine rings is 1. The van der Waals surface area contributed by atoms with Crippen molar-refractivity contribution >= 4 is 24.0 Å². The smallest absolute Gasteiger partial charge is 0.243 e. The number of amides is 1. The summed E-state index contributed by atoms with van der Waals surface area (Å²) in [5.41, 5.74) is 1.53. The lowest BCUT2D eigenvalue weighted by atomic mass is 10.2. The van der Waals surface area contributed by atoms with Crippen molar-refractivity contribution in [3.63, 3.8) is 0 Å². The molecule has 1 aliphatic heterocycles. The van der Waals surface area contributed by atoms with Crippen molar-refractivity contribution in [2.75, 3.05) is 25.1 Å². The maximum Gasteiger partial charge on any atom is 0.243 e. The van der Waals surface area contributed by atoms with Gasteiger partial charge in [0.25, 0.3) is 0 Å². The van der Waals surface area contributed by atoms with Gasteiger partial charge in [-0.2, -0.15) is 0 Å². The SMILES string of the molecule is Cl.O=C(Nc1cccc(OCc2ccc(F)cc2)c1)C1COCCN1. The first-order chi connectivity index (χ1) is 11.7. The average Bonchev–Trinajstić information content (AvgIpc) is 2.62. The van der Waals surface area contributed by atoms with Gasteiger partial charge in [-0.25, -0.2) is 4.39 Å². The van der Waals surface area contributed by atoms with Crippen LogP contribution in [0.1, 0.15) is 5.56 Å². The van der Waals surface area contributed by atoms with Crippen LogP contribution in [-0.2, 0) is 16.1 Å². The molecule has 25 heavy (non-hydrogen) atoms. The lowest BCUT2D eigenvalue weighted by Crippen LogP contribution is -2.48. The summed E-state index contributed by atoms with van der Waals surface area (Å²) in [5, 5.41) is 5.95. The lowest BCUT2D eigenvalue weighted by Gasteiger charge is -2.23. The van der Waals surface area contributed by atoms with Crippen LogP contribution in [0.5, 0.6) is 5.75 Å². The first-order valence-electron chi connectivity index (χ1n) is 7.80. The van der Waals surface area contributed by atoms with Crippen molar-refractivity contribution in [3.05, 3.63) is 59.9 Å². The van der Waals surface area contributed by atoms with E-state index in [9.17, 15) is 9.18 Å². The number of carbonyl (C=O) groups excluding carboxylic acids is 1. The summed E-state index contributed by atoms with van der Waals surface area (Å²) in [6, 6.07) is 13.0. The maximum atomic E-state index is 12.9. The molecular formula is C18H20ClFN2O3. The van der Waals surface area contributed by atoms with Crippen molar-refractivity contribution in [2.45, 2.75) is 12.6 Å². The molecule has 7 heteroatoms. The van der Waals surface area contributed by atoms with Crippen LogP contribution in [0.3, 0.4) is 0 Å². The van der Waals surface area contributed by atoms with Gasteiger partial charge in [-0.05, 0) is 29.8 Å². The number of ether oxygens (including phenoxy) is 2. The average molecular weight is 367 g/mol. The summed E-state index contributed by atoms with van der Waals surface area (Å²) in [5.74, 6) is 0.221. The molecule has 0 radical (unpaired) electrons. The normalized spacial score (nSPS) is 16.6. The molecule has 0 bridgehead atoms. The van der Waals surface area contributed by atoms with Gasteiger partial charge in [0.05, 0.1) is 13.2 Å². The fourth-order valence-electron chi connectivity index (χ4n) is 2.37.